The number of ether oxygens (including phenoxy) is 1. The van der Waals surface area contributed by atoms with Crippen LogP contribution in [0, 0.1) is 24.1 Å². The summed E-state index contributed by atoms with van der Waals surface area (Å²) in [5.74, 6) is 0.233. The molecular weight excluding hydrogens is 549 g/mol. The Bertz CT molecular complexity index is 1410. The Morgan fingerprint density at radius 2 is 1.82 bits per heavy atom. The van der Waals surface area contributed by atoms with Gasteiger partial charge in [0.05, 0.1) is 10.6 Å². The summed E-state index contributed by atoms with van der Waals surface area (Å²) in [5.41, 5.74) is 1.51. The maximum atomic E-state index is 14.5. The molecule has 0 atom stereocenters. The molecule has 1 aromatic heterocycles. The van der Waals surface area contributed by atoms with E-state index in [1.807, 2.05) is 17.9 Å². The van der Waals surface area contributed by atoms with Gasteiger partial charge < -0.3 is 14.5 Å². The van der Waals surface area contributed by atoms with Crippen LogP contribution in [0.3, 0.4) is 0 Å². The number of rotatable bonds is 10. The van der Waals surface area contributed by atoms with E-state index in [4.69, 9.17) is 17.0 Å². The molecule has 2 saturated heterocycles. The number of hydrogen-bond donors (Lipinski definition) is 0. The molecule has 212 valence electrons. The third kappa shape index (κ3) is 6.09. The summed E-state index contributed by atoms with van der Waals surface area (Å²) in [4.78, 5) is 33.0. The van der Waals surface area contributed by atoms with Gasteiger partial charge in [-0.15, -0.1) is 0 Å². The topological polar surface area (TPSA) is 81.8 Å². The molecule has 1 amide bonds. The Morgan fingerprint density at radius 3 is 2.48 bits per heavy atom. The van der Waals surface area contributed by atoms with Crippen molar-refractivity contribution in [1.29, 1.82) is 5.26 Å². The van der Waals surface area contributed by atoms with Gasteiger partial charge in [-0.3, -0.25) is 19.1 Å². The van der Waals surface area contributed by atoms with E-state index in [0.717, 1.165) is 12.8 Å². The van der Waals surface area contributed by atoms with Crippen LogP contribution in [0.2, 0.25) is 0 Å². The second-order valence-electron chi connectivity index (χ2n) is 9.76. The Morgan fingerprint density at radius 1 is 1.12 bits per heavy atom. The number of thiocarbonyl (C=S) groups is 1. The lowest BCUT2D eigenvalue weighted by Crippen LogP contribution is -2.49. The Labute approximate surface area is 244 Å². The maximum absolute atomic E-state index is 14.5. The number of piperazine rings is 1. The van der Waals surface area contributed by atoms with Crippen LogP contribution in [0.1, 0.15) is 42.9 Å². The highest BCUT2D eigenvalue weighted by Gasteiger charge is 2.33. The average Bonchev–Trinajstić information content (AvgIpc) is 3.22. The number of halogens is 1. The summed E-state index contributed by atoms with van der Waals surface area (Å²) in [5, 5.41) is 9.93. The summed E-state index contributed by atoms with van der Waals surface area (Å²) in [7, 11) is 1.62. The number of amides is 1. The molecule has 1 aromatic carbocycles. The number of carbonyl (C=O) groups is 1. The molecule has 0 bridgehead atoms. The summed E-state index contributed by atoms with van der Waals surface area (Å²) in [6, 6.07) is 8.82. The van der Waals surface area contributed by atoms with Crippen molar-refractivity contribution in [2.45, 2.75) is 39.7 Å². The Kier molecular flexibility index (Phi) is 10.0. The van der Waals surface area contributed by atoms with Crippen molar-refractivity contribution < 1.29 is 13.9 Å². The van der Waals surface area contributed by atoms with E-state index in [1.165, 1.54) is 17.8 Å². The quantitative estimate of drug-likeness (QED) is 0.229. The van der Waals surface area contributed by atoms with Crippen LogP contribution in [0.25, 0.3) is 6.08 Å². The molecular formula is C29H34FN5O3S2. The number of thioether (sulfide) groups is 1. The number of aromatic nitrogens is 1. The van der Waals surface area contributed by atoms with Gasteiger partial charge in [0, 0.05) is 58.5 Å². The van der Waals surface area contributed by atoms with Crippen LogP contribution in [0.5, 0.6) is 0 Å². The molecule has 0 unspecified atom stereocenters. The number of unbranched alkanes of at least 4 members (excludes halogenated alkanes) is 1. The number of carbonyl (C=O) groups excluding carboxylic acids is 1. The second-order valence-corrected chi connectivity index (χ2v) is 11.4. The molecule has 2 fully saturated rings. The van der Waals surface area contributed by atoms with E-state index in [-0.39, 0.29) is 22.8 Å². The van der Waals surface area contributed by atoms with Gasteiger partial charge in [-0.1, -0.05) is 49.5 Å². The zero-order valence-electron chi connectivity index (χ0n) is 23.1. The first kappa shape index (κ1) is 29.8. The number of benzene rings is 1. The SMILES string of the molecule is CCCCn1c(N2CCN(c3ccccc3F)CC2)c(/C=C2/SC(=S)N(CCCOC)C2=O)c(C)c(C#N)c1=O. The molecule has 11 heteroatoms. The zero-order valence-corrected chi connectivity index (χ0v) is 24.7. The number of pyridine rings is 1. The highest BCUT2D eigenvalue weighted by Crippen LogP contribution is 2.36. The molecule has 3 heterocycles. The lowest BCUT2D eigenvalue weighted by molar-refractivity contribution is -0.122. The zero-order chi connectivity index (χ0) is 28.8. The fourth-order valence-corrected chi connectivity index (χ4v) is 6.36. The number of para-hydroxylation sites is 1. The Balaban J connectivity index is 1.76. The normalized spacial score (nSPS) is 16.8. The third-order valence-corrected chi connectivity index (χ3v) is 8.61. The monoisotopic (exact) mass is 583 g/mol. The number of anilines is 2. The number of hydrogen-bond acceptors (Lipinski definition) is 8. The summed E-state index contributed by atoms with van der Waals surface area (Å²) in [6.45, 7) is 7.44. The van der Waals surface area contributed by atoms with E-state index in [0.29, 0.717) is 84.2 Å². The van der Waals surface area contributed by atoms with Gasteiger partial charge in [0.15, 0.2) is 0 Å². The molecule has 0 saturated carbocycles. The second kappa shape index (κ2) is 13.4. The van der Waals surface area contributed by atoms with E-state index in [2.05, 4.69) is 11.0 Å². The molecule has 0 spiro atoms. The van der Waals surface area contributed by atoms with Gasteiger partial charge in [-0.05, 0) is 43.5 Å². The molecule has 2 aliphatic heterocycles. The van der Waals surface area contributed by atoms with Crippen molar-refractivity contribution in [3.8, 4) is 6.07 Å². The fourth-order valence-electron chi connectivity index (χ4n) is 5.07. The molecule has 0 N–H and O–H groups in total. The third-order valence-electron chi connectivity index (χ3n) is 7.23. The van der Waals surface area contributed by atoms with Gasteiger partial charge >= 0.3 is 0 Å². The number of nitriles is 1. The van der Waals surface area contributed by atoms with Gasteiger partial charge in [0.25, 0.3) is 11.5 Å². The average molecular weight is 584 g/mol. The molecule has 0 radical (unpaired) electrons. The highest BCUT2D eigenvalue weighted by molar-refractivity contribution is 8.26. The van der Waals surface area contributed by atoms with Crippen LogP contribution in [-0.4, -0.2) is 66.1 Å². The van der Waals surface area contributed by atoms with Crippen molar-refractivity contribution in [2.24, 2.45) is 0 Å². The van der Waals surface area contributed by atoms with Crippen molar-refractivity contribution >= 4 is 51.8 Å². The van der Waals surface area contributed by atoms with Crippen LogP contribution in [0.15, 0.2) is 34.0 Å². The standard InChI is InChI=1S/C29H34FN5O3S2/c1-4-5-11-34-26(33-15-13-32(14-16-33)24-10-7-6-9-23(24)30)21(20(2)22(19-31)27(34)36)18-25-28(37)35(29(39)40-25)12-8-17-38-3/h6-7,9-10,18H,4-5,8,11-17H2,1-3H3/b25-18+. The summed E-state index contributed by atoms with van der Waals surface area (Å²) in [6.07, 6.45) is 4.08. The maximum Gasteiger partial charge on any atom is 0.270 e. The molecule has 4 rings (SSSR count). The predicted molar refractivity (Wildman–Crippen MR) is 162 cm³/mol. The Hall–Kier alpha value is -3.20. The van der Waals surface area contributed by atoms with E-state index in [1.54, 1.807) is 41.7 Å². The molecule has 8 nitrogen and oxygen atoms in total. The highest BCUT2D eigenvalue weighted by atomic mass is 32.2. The van der Waals surface area contributed by atoms with Crippen LogP contribution in [0.4, 0.5) is 15.9 Å². The minimum Gasteiger partial charge on any atom is -0.385 e. The van der Waals surface area contributed by atoms with Gasteiger partial charge in [0.1, 0.15) is 27.6 Å². The van der Waals surface area contributed by atoms with Gasteiger partial charge in [-0.25, -0.2) is 4.39 Å². The lowest BCUT2D eigenvalue weighted by atomic mass is 10.0. The largest absolute Gasteiger partial charge is 0.385 e. The van der Waals surface area contributed by atoms with E-state index < -0.39 is 0 Å². The van der Waals surface area contributed by atoms with Crippen molar-refractivity contribution in [3.05, 3.63) is 62.0 Å². The molecule has 40 heavy (non-hydrogen) atoms. The minimum absolute atomic E-state index is 0.0756. The smallest absolute Gasteiger partial charge is 0.270 e. The summed E-state index contributed by atoms with van der Waals surface area (Å²) >= 11 is 6.73. The minimum atomic E-state index is -0.329. The lowest BCUT2D eigenvalue weighted by Gasteiger charge is -2.39. The van der Waals surface area contributed by atoms with Gasteiger partial charge in [-0.2, -0.15) is 5.26 Å². The van der Waals surface area contributed by atoms with Crippen LogP contribution >= 0.6 is 24.0 Å². The van der Waals surface area contributed by atoms with E-state index >= 15 is 0 Å². The number of nitrogens with zero attached hydrogens (tertiary/aromatic N) is 5. The first-order valence-corrected chi connectivity index (χ1v) is 14.7. The van der Waals surface area contributed by atoms with Crippen LogP contribution in [-0.2, 0) is 16.1 Å². The van der Waals surface area contributed by atoms with Crippen molar-refractivity contribution in [1.82, 2.24) is 9.47 Å². The molecule has 2 aromatic rings. The van der Waals surface area contributed by atoms with E-state index in [9.17, 15) is 19.2 Å². The molecule has 2 aliphatic rings. The molecule has 0 aliphatic carbocycles. The number of methoxy groups -OCH3 is 1. The van der Waals surface area contributed by atoms with Crippen molar-refractivity contribution in [2.75, 3.05) is 56.2 Å². The summed E-state index contributed by atoms with van der Waals surface area (Å²) < 4.78 is 21.8. The first-order valence-electron chi connectivity index (χ1n) is 13.5. The predicted octanol–water partition coefficient (Wildman–Crippen LogP) is 4.53. The van der Waals surface area contributed by atoms with Gasteiger partial charge in [0.2, 0.25) is 0 Å². The first-order chi connectivity index (χ1) is 19.3. The van der Waals surface area contributed by atoms with Crippen molar-refractivity contribution in [3.63, 3.8) is 0 Å². The fraction of sp³-hybridized carbons (Fsp3) is 0.448. The van der Waals surface area contributed by atoms with Crippen LogP contribution < -0.4 is 15.4 Å².